The van der Waals surface area contributed by atoms with Gasteiger partial charge in [0.1, 0.15) is 6.04 Å². The lowest BCUT2D eigenvalue weighted by Crippen LogP contribution is -2.54. The highest BCUT2D eigenvalue weighted by molar-refractivity contribution is 5.86. The molecule has 0 aliphatic carbocycles. The Hall–Kier alpha value is -1.10. The van der Waals surface area contributed by atoms with E-state index in [9.17, 15) is 14.7 Å². The van der Waals surface area contributed by atoms with Crippen molar-refractivity contribution in [2.24, 2.45) is 5.41 Å². The van der Waals surface area contributed by atoms with Gasteiger partial charge in [0.15, 0.2) is 0 Å². The molecule has 5 nitrogen and oxygen atoms in total. The molecular formula is C12H21NO4. The Bertz CT molecular complexity index is 308. The fourth-order valence-electron chi connectivity index (χ4n) is 2.29. The molecule has 1 amide bonds. The van der Waals surface area contributed by atoms with Gasteiger partial charge in [-0.2, -0.15) is 0 Å². The van der Waals surface area contributed by atoms with Crippen molar-refractivity contribution in [3.05, 3.63) is 0 Å². The summed E-state index contributed by atoms with van der Waals surface area (Å²) in [7, 11) is 1.32. The first kappa shape index (κ1) is 14.0. The Balaban J connectivity index is 3.04. The van der Waals surface area contributed by atoms with Gasteiger partial charge in [-0.1, -0.05) is 20.8 Å². The quantitative estimate of drug-likeness (QED) is 0.735. The second kappa shape index (κ2) is 5.04. The molecule has 1 heterocycles. The molecule has 1 aliphatic rings. The number of aliphatic hydroxyl groups is 1. The first-order valence-corrected chi connectivity index (χ1v) is 5.82. The van der Waals surface area contributed by atoms with Crippen molar-refractivity contribution >= 4 is 11.9 Å². The summed E-state index contributed by atoms with van der Waals surface area (Å²) in [5.41, 5.74) is -0.416. The SMILES string of the molecule is COC(=O)C(N1C(=O)CC[C@@H]1CO)C(C)(C)C. The average molecular weight is 243 g/mol. The number of rotatable bonds is 3. The van der Waals surface area contributed by atoms with Gasteiger partial charge < -0.3 is 14.7 Å². The zero-order valence-corrected chi connectivity index (χ0v) is 10.9. The highest BCUT2D eigenvalue weighted by atomic mass is 16.5. The molecule has 0 aromatic carbocycles. The van der Waals surface area contributed by atoms with Crippen molar-refractivity contribution in [3.8, 4) is 0 Å². The number of esters is 1. The maximum absolute atomic E-state index is 11.9. The maximum atomic E-state index is 11.9. The number of amides is 1. The number of aliphatic hydroxyl groups excluding tert-OH is 1. The van der Waals surface area contributed by atoms with Gasteiger partial charge in [0.2, 0.25) is 5.91 Å². The number of nitrogens with zero attached hydrogens (tertiary/aromatic N) is 1. The molecule has 17 heavy (non-hydrogen) atoms. The molecule has 0 saturated carbocycles. The number of hydrogen-bond acceptors (Lipinski definition) is 4. The number of carbonyl (C=O) groups excluding carboxylic acids is 2. The van der Waals surface area contributed by atoms with E-state index in [-0.39, 0.29) is 18.6 Å². The number of methoxy groups -OCH3 is 1. The molecule has 2 atom stereocenters. The van der Waals surface area contributed by atoms with Gasteiger partial charge in [-0.15, -0.1) is 0 Å². The number of ether oxygens (including phenoxy) is 1. The van der Waals surface area contributed by atoms with Crippen LogP contribution in [0, 0.1) is 5.41 Å². The molecule has 0 spiro atoms. The second-order valence-corrected chi connectivity index (χ2v) is 5.47. The van der Waals surface area contributed by atoms with Crippen LogP contribution < -0.4 is 0 Å². The Kier molecular flexibility index (Phi) is 4.14. The Morgan fingerprint density at radius 2 is 2.18 bits per heavy atom. The lowest BCUT2D eigenvalue weighted by atomic mass is 9.85. The van der Waals surface area contributed by atoms with Crippen molar-refractivity contribution in [1.82, 2.24) is 4.90 Å². The van der Waals surface area contributed by atoms with Gasteiger partial charge in [0.25, 0.3) is 0 Å². The van der Waals surface area contributed by atoms with Crippen LogP contribution in [0.1, 0.15) is 33.6 Å². The van der Waals surface area contributed by atoms with Crippen molar-refractivity contribution in [1.29, 1.82) is 0 Å². The fraction of sp³-hybridized carbons (Fsp3) is 0.833. The van der Waals surface area contributed by atoms with Gasteiger partial charge in [0, 0.05) is 6.42 Å². The van der Waals surface area contributed by atoms with E-state index in [1.165, 1.54) is 12.0 Å². The molecule has 1 unspecified atom stereocenters. The van der Waals surface area contributed by atoms with Crippen LogP contribution in [0.4, 0.5) is 0 Å². The molecule has 1 saturated heterocycles. The van der Waals surface area contributed by atoms with E-state index >= 15 is 0 Å². The lowest BCUT2D eigenvalue weighted by Gasteiger charge is -2.38. The zero-order valence-electron chi connectivity index (χ0n) is 10.9. The third kappa shape index (κ3) is 2.77. The van der Waals surface area contributed by atoms with Crippen LogP contribution in [0.15, 0.2) is 0 Å². The molecule has 0 bridgehead atoms. The summed E-state index contributed by atoms with van der Waals surface area (Å²) in [6.07, 6.45) is 0.980. The largest absolute Gasteiger partial charge is 0.467 e. The van der Waals surface area contributed by atoms with Crippen molar-refractivity contribution < 1.29 is 19.4 Å². The fourth-order valence-corrected chi connectivity index (χ4v) is 2.29. The van der Waals surface area contributed by atoms with E-state index in [1.54, 1.807) is 0 Å². The summed E-state index contributed by atoms with van der Waals surface area (Å²) in [5, 5.41) is 9.28. The Morgan fingerprint density at radius 1 is 1.59 bits per heavy atom. The van der Waals surface area contributed by atoms with Crippen molar-refractivity contribution in [2.75, 3.05) is 13.7 Å². The van der Waals surface area contributed by atoms with Crippen LogP contribution in [0.25, 0.3) is 0 Å². The molecule has 1 aliphatic heterocycles. The van der Waals surface area contributed by atoms with Gasteiger partial charge >= 0.3 is 5.97 Å². The van der Waals surface area contributed by atoms with Crippen LogP contribution in [-0.2, 0) is 14.3 Å². The minimum Gasteiger partial charge on any atom is -0.467 e. The highest BCUT2D eigenvalue weighted by Gasteiger charge is 2.45. The zero-order chi connectivity index (χ0) is 13.2. The van der Waals surface area contributed by atoms with Crippen LogP contribution in [-0.4, -0.2) is 47.7 Å². The van der Waals surface area contributed by atoms with E-state index in [2.05, 4.69) is 0 Å². The van der Waals surface area contributed by atoms with Gasteiger partial charge in [0.05, 0.1) is 19.8 Å². The predicted octanol–water partition coefficient (Wildman–Crippen LogP) is 0.557. The van der Waals surface area contributed by atoms with Gasteiger partial charge in [-0.05, 0) is 11.8 Å². The first-order valence-electron chi connectivity index (χ1n) is 5.82. The van der Waals surface area contributed by atoms with E-state index in [0.717, 1.165) is 0 Å². The summed E-state index contributed by atoms with van der Waals surface area (Å²) < 4.78 is 4.78. The standard InChI is InChI=1S/C12H21NO4/c1-12(2,3)10(11(16)17-4)13-8(7-14)5-6-9(13)15/h8,10,14H,5-7H2,1-4H3/t8-,10?/m1/s1. The maximum Gasteiger partial charge on any atom is 0.329 e. The summed E-state index contributed by atoms with van der Waals surface area (Å²) in [6, 6.07) is -0.912. The molecule has 5 heteroatoms. The van der Waals surface area contributed by atoms with Crippen LogP contribution in [0.5, 0.6) is 0 Å². The molecule has 0 aromatic rings. The van der Waals surface area contributed by atoms with E-state index in [0.29, 0.717) is 12.8 Å². The second-order valence-electron chi connectivity index (χ2n) is 5.47. The van der Waals surface area contributed by atoms with E-state index < -0.39 is 17.4 Å². The number of likely N-dealkylation sites (tertiary alicyclic amines) is 1. The van der Waals surface area contributed by atoms with Crippen LogP contribution in [0.2, 0.25) is 0 Å². The number of hydrogen-bond donors (Lipinski definition) is 1. The van der Waals surface area contributed by atoms with Crippen molar-refractivity contribution in [3.63, 3.8) is 0 Å². The summed E-state index contributed by atoms with van der Waals surface area (Å²) in [6.45, 7) is 5.53. The predicted molar refractivity (Wildman–Crippen MR) is 62.2 cm³/mol. The summed E-state index contributed by atoms with van der Waals surface area (Å²) in [4.78, 5) is 25.2. The summed E-state index contributed by atoms with van der Waals surface area (Å²) >= 11 is 0. The lowest BCUT2D eigenvalue weighted by molar-refractivity contribution is -0.158. The topological polar surface area (TPSA) is 66.8 Å². The van der Waals surface area contributed by atoms with Gasteiger partial charge in [-0.3, -0.25) is 4.79 Å². The van der Waals surface area contributed by atoms with Crippen LogP contribution >= 0.6 is 0 Å². The smallest absolute Gasteiger partial charge is 0.329 e. The number of carbonyl (C=O) groups is 2. The third-order valence-electron chi connectivity index (χ3n) is 3.11. The molecule has 0 aromatic heterocycles. The third-order valence-corrected chi connectivity index (χ3v) is 3.11. The molecule has 1 rings (SSSR count). The monoisotopic (exact) mass is 243 g/mol. The van der Waals surface area contributed by atoms with Gasteiger partial charge in [-0.25, -0.2) is 4.79 Å². The van der Waals surface area contributed by atoms with Crippen LogP contribution in [0.3, 0.4) is 0 Å². The minimum atomic E-state index is -0.639. The molecular weight excluding hydrogens is 222 g/mol. The highest BCUT2D eigenvalue weighted by Crippen LogP contribution is 2.32. The average Bonchev–Trinajstić information content (AvgIpc) is 2.58. The van der Waals surface area contributed by atoms with E-state index in [4.69, 9.17) is 4.74 Å². The Morgan fingerprint density at radius 3 is 2.59 bits per heavy atom. The minimum absolute atomic E-state index is 0.0885. The van der Waals surface area contributed by atoms with E-state index in [1.807, 2.05) is 20.8 Å². The van der Waals surface area contributed by atoms with Crippen molar-refractivity contribution in [2.45, 2.75) is 45.7 Å². The molecule has 1 N–H and O–H groups in total. The molecule has 98 valence electrons. The molecule has 1 fully saturated rings. The Labute approximate surface area is 102 Å². The summed E-state index contributed by atoms with van der Waals surface area (Å²) in [5.74, 6) is -0.513. The normalized spacial score (nSPS) is 22.8. The first-order chi connectivity index (χ1) is 7.82. The molecule has 0 radical (unpaired) electrons.